The molecule has 6 nitrogen and oxygen atoms in total. The van der Waals surface area contributed by atoms with Crippen LogP contribution in [0.25, 0.3) is 0 Å². The monoisotopic (exact) mass is 290 g/mol. The standard InChI is InChI=1S/C15H22N4O2/c20-11-10-18-6-8-19(9-7-18)12-14-16-15(17-21-14)13-4-2-1-3-5-13/h1-5,15,17,20H,6-12H2/t15-/m1/s1. The van der Waals surface area contributed by atoms with Crippen LogP contribution in [0.2, 0.25) is 0 Å². The number of aliphatic hydroxyl groups excluding tert-OH is 1. The van der Waals surface area contributed by atoms with Crippen LogP contribution in [0.4, 0.5) is 0 Å². The van der Waals surface area contributed by atoms with Crippen LogP contribution in [0, 0.1) is 0 Å². The van der Waals surface area contributed by atoms with Gasteiger partial charge < -0.3 is 9.94 Å². The summed E-state index contributed by atoms with van der Waals surface area (Å²) in [7, 11) is 0. The van der Waals surface area contributed by atoms with Crippen molar-refractivity contribution in [2.75, 3.05) is 45.9 Å². The van der Waals surface area contributed by atoms with Crippen LogP contribution in [0.15, 0.2) is 35.3 Å². The van der Waals surface area contributed by atoms with Crippen molar-refractivity contribution in [1.82, 2.24) is 15.3 Å². The van der Waals surface area contributed by atoms with Gasteiger partial charge in [-0.25, -0.2) is 4.99 Å². The molecule has 2 aliphatic rings. The molecule has 0 amide bonds. The Morgan fingerprint density at radius 1 is 1.14 bits per heavy atom. The van der Waals surface area contributed by atoms with Gasteiger partial charge in [0.15, 0.2) is 6.17 Å². The predicted molar refractivity (Wildman–Crippen MR) is 80.8 cm³/mol. The summed E-state index contributed by atoms with van der Waals surface area (Å²) in [6.07, 6.45) is -0.100. The molecule has 0 saturated carbocycles. The van der Waals surface area contributed by atoms with Crippen molar-refractivity contribution < 1.29 is 9.94 Å². The second kappa shape index (κ2) is 7.00. The molecule has 114 valence electrons. The topological polar surface area (TPSA) is 60.3 Å². The fraction of sp³-hybridized carbons (Fsp3) is 0.533. The number of nitrogens with zero attached hydrogens (tertiary/aromatic N) is 3. The third-order valence-corrected chi connectivity index (χ3v) is 3.92. The van der Waals surface area contributed by atoms with E-state index in [1.54, 1.807) is 0 Å². The maximum atomic E-state index is 8.95. The zero-order valence-corrected chi connectivity index (χ0v) is 12.1. The number of aliphatic imine (C=N–C) groups is 1. The molecule has 1 aromatic rings. The van der Waals surface area contributed by atoms with Crippen LogP contribution >= 0.6 is 0 Å². The molecule has 0 aromatic heterocycles. The van der Waals surface area contributed by atoms with E-state index in [9.17, 15) is 0 Å². The second-order valence-electron chi connectivity index (χ2n) is 5.40. The highest BCUT2D eigenvalue weighted by Gasteiger charge is 2.23. The molecule has 1 saturated heterocycles. The molecular formula is C15H22N4O2. The van der Waals surface area contributed by atoms with E-state index in [2.05, 4.69) is 20.3 Å². The Hall–Kier alpha value is -1.47. The summed E-state index contributed by atoms with van der Waals surface area (Å²) in [5.41, 5.74) is 4.08. The highest BCUT2D eigenvalue weighted by molar-refractivity contribution is 5.79. The average molecular weight is 290 g/mol. The van der Waals surface area contributed by atoms with Crippen LogP contribution in [0.5, 0.6) is 0 Å². The second-order valence-corrected chi connectivity index (χ2v) is 5.40. The first-order valence-corrected chi connectivity index (χ1v) is 7.45. The van der Waals surface area contributed by atoms with E-state index in [0.717, 1.165) is 50.7 Å². The number of rotatable bonds is 5. The van der Waals surface area contributed by atoms with Crippen molar-refractivity contribution in [2.24, 2.45) is 4.99 Å². The zero-order chi connectivity index (χ0) is 14.5. The van der Waals surface area contributed by atoms with Crippen molar-refractivity contribution in [3.8, 4) is 0 Å². The molecule has 1 aromatic carbocycles. The van der Waals surface area contributed by atoms with Crippen molar-refractivity contribution >= 4 is 5.90 Å². The summed E-state index contributed by atoms with van der Waals surface area (Å²) < 4.78 is 0. The van der Waals surface area contributed by atoms with Gasteiger partial charge >= 0.3 is 0 Å². The number of nitrogens with one attached hydrogen (secondary N) is 1. The van der Waals surface area contributed by atoms with Crippen LogP contribution in [-0.2, 0) is 4.84 Å². The van der Waals surface area contributed by atoms with E-state index < -0.39 is 0 Å². The van der Waals surface area contributed by atoms with Gasteiger partial charge in [0.1, 0.15) is 0 Å². The molecule has 3 rings (SSSR count). The Bertz CT molecular complexity index is 472. The number of benzene rings is 1. The summed E-state index contributed by atoms with van der Waals surface area (Å²) in [6.45, 7) is 5.69. The summed E-state index contributed by atoms with van der Waals surface area (Å²) in [5.74, 6) is 0.750. The largest absolute Gasteiger partial charge is 0.395 e. The minimum absolute atomic E-state index is 0.100. The fourth-order valence-electron chi connectivity index (χ4n) is 2.68. The van der Waals surface area contributed by atoms with Crippen LogP contribution in [0.3, 0.4) is 0 Å². The molecular weight excluding hydrogens is 268 g/mol. The van der Waals surface area contributed by atoms with Gasteiger partial charge in [-0.3, -0.25) is 9.80 Å². The van der Waals surface area contributed by atoms with E-state index in [0.29, 0.717) is 0 Å². The van der Waals surface area contributed by atoms with Crippen LogP contribution < -0.4 is 5.48 Å². The first kappa shape index (κ1) is 14.5. The van der Waals surface area contributed by atoms with E-state index in [1.807, 2.05) is 30.3 Å². The lowest BCUT2D eigenvalue weighted by atomic mass is 10.2. The SMILES string of the molecule is OCCN1CCN(CC2=N[C@@H](c3ccccc3)NO2)CC1. The molecule has 1 atom stereocenters. The molecule has 1 fully saturated rings. The van der Waals surface area contributed by atoms with Crippen molar-refractivity contribution in [1.29, 1.82) is 0 Å². The van der Waals surface area contributed by atoms with Crippen molar-refractivity contribution in [2.45, 2.75) is 6.17 Å². The molecule has 0 bridgehead atoms. The average Bonchev–Trinajstić information content (AvgIpc) is 2.99. The molecule has 2 heterocycles. The van der Waals surface area contributed by atoms with Gasteiger partial charge in [0.2, 0.25) is 5.90 Å². The Labute approximate surface area is 125 Å². The molecule has 21 heavy (non-hydrogen) atoms. The lowest BCUT2D eigenvalue weighted by Gasteiger charge is -2.33. The van der Waals surface area contributed by atoms with Gasteiger partial charge in [0, 0.05) is 32.7 Å². The number of hydroxylamine groups is 1. The summed E-state index contributed by atoms with van der Waals surface area (Å²) in [5, 5.41) is 8.95. The Morgan fingerprint density at radius 2 is 1.86 bits per heavy atom. The molecule has 6 heteroatoms. The molecule has 0 aliphatic carbocycles. The van der Waals surface area contributed by atoms with Gasteiger partial charge in [-0.2, -0.15) is 0 Å². The van der Waals surface area contributed by atoms with Gasteiger partial charge in [-0.1, -0.05) is 30.3 Å². The first-order valence-electron chi connectivity index (χ1n) is 7.45. The number of aliphatic hydroxyl groups is 1. The van der Waals surface area contributed by atoms with E-state index >= 15 is 0 Å². The summed E-state index contributed by atoms with van der Waals surface area (Å²) in [4.78, 5) is 14.7. The molecule has 0 radical (unpaired) electrons. The lowest BCUT2D eigenvalue weighted by molar-refractivity contribution is 0.113. The van der Waals surface area contributed by atoms with Gasteiger partial charge in [0.05, 0.1) is 13.2 Å². The van der Waals surface area contributed by atoms with E-state index in [4.69, 9.17) is 9.94 Å². The maximum Gasteiger partial charge on any atom is 0.225 e. The molecule has 0 spiro atoms. The summed E-state index contributed by atoms with van der Waals surface area (Å²) in [6, 6.07) is 10.1. The van der Waals surface area contributed by atoms with Crippen molar-refractivity contribution in [3.05, 3.63) is 35.9 Å². The van der Waals surface area contributed by atoms with Crippen LogP contribution in [0.1, 0.15) is 11.7 Å². The molecule has 0 unspecified atom stereocenters. The van der Waals surface area contributed by atoms with Crippen molar-refractivity contribution in [3.63, 3.8) is 0 Å². The highest BCUT2D eigenvalue weighted by Crippen LogP contribution is 2.18. The third-order valence-electron chi connectivity index (χ3n) is 3.92. The molecule has 2 aliphatic heterocycles. The normalized spacial score (nSPS) is 23.9. The predicted octanol–water partition coefficient (Wildman–Crippen LogP) is 0.228. The zero-order valence-electron chi connectivity index (χ0n) is 12.1. The number of β-amino-alcohol motifs (C(OH)–C–C–N with tert-alkyl or cyclic N) is 1. The fourth-order valence-corrected chi connectivity index (χ4v) is 2.68. The quantitative estimate of drug-likeness (QED) is 0.813. The smallest absolute Gasteiger partial charge is 0.225 e. The van der Waals surface area contributed by atoms with Crippen LogP contribution in [-0.4, -0.2) is 66.7 Å². The highest BCUT2D eigenvalue weighted by atomic mass is 16.7. The van der Waals surface area contributed by atoms with Gasteiger partial charge in [-0.05, 0) is 5.56 Å². The maximum absolute atomic E-state index is 8.95. The minimum atomic E-state index is -0.100. The number of piperazine rings is 1. The number of hydrogen-bond acceptors (Lipinski definition) is 6. The summed E-state index contributed by atoms with van der Waals surface area (Å²) >= 11 is 0. The van der Waals surface area contributed by atoms with E-state index in [-0.39, 0.29) is 12.8 Å². The van der Waals surface area contributed by atoms with Gasteiger partial charge in [0.25, 0.3) is 0 Å². The number of hydrogen-bond donors (Lipinski definition) is 2. The third kappa shape index (κ3) is 3.79. The Morgan fingerprint density at radius 3 is 2.57 bits per heavy atom. The van der Waals surface area contributed by atoms with Gasteiger partial charge in [-0.15, -0.1) is 5.48 Å². The first-order chi connectivity index (χ1) is 10.3. The lowest BCUT2D eigenvalue weighted by Crippen LogP contribution is -2.48. The minimum Gasteiger partial charge on any atom is -0.395 e. The Balaban J connectivity index is 1.50. The Kier molecular flexibility index (Phi) is 4.82. The molecule has 2 N–H and O–H groups in total. The van der Waals surface area contributed by atoms with E-state index in [1.165, 1.54) is 0 Å².